The van der Waals surface area contributed by atoms with Gasteiger partial charge in [-0.15, -0.1) is 0 Å². The summed E-state index contributed by atoms with van der Waals surface area (Å²) in [4.78, 5) is 2.53. The number of ether oxygens (including phenoxy) is 2. The van der Waals surface area contributed by atoms with Gasteiger partial charge >= 0.3 is 0 Å². The van der Waals surface area contributed by atoms with E-state index in [1.54, 1.807) is 0 Å². The van der Waals surface area contributed by atoms with E-state index in [-0.39, 0.29) is 0 Å². The van der Waals surface area contributed by atoms with Crippen molar-refractivity contribution in [3.8, 4) is 0 Å². The van der Waals surface area contributed by atoms with Gasteiger partial charge in [-0.25, -0.2) is 0 Å². The molecule has 0 saturated carbocycles. The molecule has 2 heterocycles. The van der Waals surface area contributed by atoms with Crippen LogP contribution in [-0.4, -0.2) is 64.6 Å². The number of hydrogen-bond acceptors (Lipinski definition) is 4. The summed E-state index contributed by atoms with van der Waals surface area (Å²) in [5, 5.41) is 3.56. The van der Waals surface area contributed by atoms with Gasteiger partial charge in [0.25, 0.3) is 0 Å². The molecule has 0 aromatic heterocycles. The lowest BCUT2D eigenvalue weighted by molar-refractivity contribution is -0.00950. The molecule has 1 N–H and O–H groups in total. The van der Waals surface area contributed by atoms with Gasteiger partial charge in [0.05, 0.1) is 6.61 Å². The smallest absolute Gasteiger partial charge is 0.0506 e. The number of nitrogens with one attached hydrogen (secondary N) is 1. The van der Waals surface area contributed by atoms with Crippen molar-refractivity contribution >= 4 is 0 Å². The Morgan fingerprint density at radius 3 is 2.65 bits per heavy atom. The number of rotatable bonds is 7. The van der Waals surface area contributed by atoms with Crippen molar-refractivity contribution < 1.29 is 9.47 Å². The minimum Gasteiger partial charge on any atom is -0.381 e. The van der Waals surface area contributed by atoms with E-state index in [0.29, 0.717) is 5.41 Å². The van der Waals surface area contributed by atoms with Crippen LogP contribution in [0.1, 0.15) is 32.6 Å². The van der Waals surface area contributed by atoms with Crippen LogP contribution in [-0.2, 0) is 9.47 Å². The fourth-order valence-electron chi connectivity index (χ4n) is 3.61. The standard InChI is InChI=1S/C16H32N2O2/c1-3-17-13-16(6-9-19-10-7-16)14-18(2)11-15-5-4-8-20-12-15/h15,17H,3-14H2,1-2H3. The van der Waals surface area contributed by atoms with Gasteiger partial charge < -0.3 is 19.7 Å². The maximum Gasteiger partial charge on any atom is 0.0506 e. The van der Waals surface area contributed by atoms with Crippen LogP contribution in [0.15, 0.2) is 0 Å². The Morgan fingerprint density at radius 1 is 1.20 bits per heavy atom. The molecule has 1 atom stereocenters. The van der Waals surface area contributed by atoms with Gasteiger partial charge in [-0.3, -0.25) is 0 Å². The first kappa shape index (κ1) is 16.2. The molecular formula is C16H32N2O2. The third kappa shape index (κ3) is 4.99. The minimum absolute atomic E-state index is 0.401. The minimum atomic E-state index is 0.401. The molecule has 0 aliphatic carbocycles. The molecule has 2 aliphatic rings. The van der Waals surface area contributed by atoms with Gasteiger partial charge in [-0.1, -0.05) is 6.92 Å². The molecule has 2 fully saturated rings. The fraction of sp³-hybridized carbons (Fsp3) is 1.00. The van der Waals surface area contributed by atoms with Crippen LogP contribution in [0.25, 0.3) is 0 Å². The van der Waals surface area contributed by atoms with E-state index in [1.165, 1.54) is 38.8 Å². The Balaban J connectivity index is 1.82. The van der Waals surface area contributed by atoms with E-state index in [1.807, 2.05) is 0 Å². The molecular weight excluding hydrogens is 252 g/mol. The van der Waals surface area contributed by atoms with Crippen molar-refractivity contribution in [1.82, 2.24) is 10.2 Å². The summed E-state index contributed by atoms with van der Waals surface area (Å²) in [6.45, 7) is 10.5. The summed E-state index contributed by atoms with van der Waals surface area (Å²) < 4.78 is 11.2. The van der Waals surface area contributed by atoms with Crippen LogP contribution in [0.3, 0.4) is 0 Å². The Labute approximate surface area is 124 Å². The highest BCUT2D eigenvalue weighted by atomic mass is 16.5. The molecule has 0 spiro atoms. The van der Waals surface area contributed by atoms with E-state index < -0.39 is 0 Å². The third-order valence-electron chi connectivity index (χ3n) is 4.73. The van der Waals surface area contributed by atoms with Crippen LogP contribution < -0.4 is 5.32 Å². The van der Waals surface area contributed by atoms with Crippen LogP contribution >= 0.6 is 0 Å². The predicted octanol–water partition coefficient (Wildman–Crippen LogP) is 1.75. The molecule has 0 bridgehead atoms. The van der Waals surface area contributed by atoms with Crippen LogP contribution in [0.5, 0.6) is 0 Å². The molecule has 118 valence electrons. The van der Waals surface area contributed by atoms with Gasteiger partial charge in [0.15, 0.2) is 0 Å². The van der Waals surface area contributed by atoms with E-state index in [4.69, 9.17) is 9.47 Å². The van der Waals surface area contributed by atoms with Crippen LogP contribution in [0.2, 0.25) is 0 Å². The summed E-state index contributed by atoms with van der Waals surface area (Å²) >= 11 is 0. The molecule has 0 aromatic rings. The largest absolute Gasteiger partial charge is 0.381 e. The fourth-order valence-corrected chi connectivity index (χ4v) is 3.61. The van der Waals surface area contributed by atoms with Crippen molar-refractivity contribution in [3.63, 3.8) is 0 Å². The second-order valence-corrected chi connectivity index (χ2v) is 6.67. The lowest BCUT2D eigenvalue weighted by atomic mass is 9.79. The molecule has 0 radical (unpaired) electrons. The summed E-state index contributed by atoms with van der Waals surface area (Å²) in [5.74, 6) is 0.727. The van der Waals surface area contributed by atoms with Gasteiger partial charge in [-0.2, -0.15) is 0 Å². The van der Waals surface area contributed by atoms with Gasteiger partial charge in [0, 0.05) is 39.5 Å². The monoisotopic (exact) mass is 284 g/mol. The zero-order valence-electron chi connectivity index (χ0n) is 13.3. The van der Waals surface area contributed by atoms with Crippen molar-refractivity contribution in [3.05, 3.63) is 0 Å². The molecule has 0 aromatic carbocycles. The molecule has 1 unspecified atom stereocenters. The van der Waals surface area contributed by atoms with Crippen LogP contribution in [0.4, 0.5) is 0 Å². The molecule has 2 aliphatic heterocycles. The topological polar surface area (TPSA) is 33.7 Å². The average molecular weight is 284 g/mol. The lowest BCUT2D eigenvalue weighted by Crippen LogP contribution is -2.47. The predicted molar refractivity (Wildman–Crippen MR) is 82.1 cm³/mol. The van der Waals surface area contributed by atoms with Crippen LogP contribution in [0, 0.1) is 11.3 Å². The first-order valence-corrected chi connectivity index (χ1v) is 8.29. The summed E-state index contributed by atoms with van der Waals surface area (Å²) in [6, 6.07) is 0. The maximum atomic E-state index is 5.60. The van der Waals surface area contributed by atoms with Crippen molar-refractivity contribution in [1.29, 1.82) is 0 Å². The summed E-state index contributed by atoms with van der Waals surface area (Å²) in [6.07, 6.45) is 4.93. The van der Waals surface area contributed by atoms with E-state index in [9.17, 15) is 0 Å². The zero-order valence-corrected chi connectivity index (χ0v) is 13.3. The Bertz CT molecular complexity index is 261. The molecule has 0 amide bonds. The number of hydrogen-bond donors (Lipinski definition) is 1. The second-order valence-electron chi connectivity index (χ2n) is 6.67. The Morgan fingerprint density at radius 2 is 2.00 bits per heavy atom. The second kappa shape index (κ2) is 8.32. The highest BCUT2D eigenvalue weighted by molar-refractivity contribution is 4.87. The highest BCUT2D eigenvalue weighted by Gasteiger charge is 2.33. The Kier molecular flexibility index (Phi) is 6.75. The van der Waals surface area contributed by atoms with Gasteiger partial charge in [0.2, 0.25) is 0 Å². The first-order chi connectivity index (χ1) is 9.74. The van der Waals surface area contributed by atoms with Gasteiger partial charge in [0.1, 0.15) is 0 Å². The average Bonchev–Trinajstić information content (AvgIpc) is 2.47. The molecule has 20 heavy (non-hydrogen) atoms. The molecule has 2 saturated heterocycles. The van der Waals surface area contributed by atoms with Crippen molar-refractivity contribution in [2.24, 2.45) is 11.3 Å². The Hall–Kier alpha value is -0.160. The molecule has 2 rings (SSSR count). The quantitative estimate of drug-likeness (QED) is 0.772. The summed E-state index contributed by atoms with van der Waals surface area (Å²) in [7, 11) is 2.28. The molecule has 4 nitrogen and oxygen atoms in total. The SMILES string of the molecule is CCNCC1(CN(C)CC2CCCOC2)CCOCC1. The molecule has 4 heteroatoms. The first-order valence-electron chi connectivity index (χ1n) is 8.29. The van der Waals surface area contributed by atoms with E-state index in [0.717, 1.165) is 45.4 Å². The summed E-state index contributed by atoms with van der Waals surface area (Å²) in [5.41, 5.74) is 0.401. The van der Waals surface area contributed by atoms with Crippen molar-refractivity contribution in [2.75, 3.05) is 59.7 Å². The zero-order chi connectivity index (χ0) is 14.3. The van der Waals surface area contributed by atoms with E-state index >= 15 is 0 Å². The highest BCUT2D eigenvalue weighted by Crippen LogP contribution is 2.31. The normalized spacial score (nSPS) is 26.9. The maximum absolute atomic E-state index is 5.60. The number of nitrogens with zero attached hydrogens (tertiary/aromatic N) is 1. The third-order valence-corrected chi connectivity index (χ3v) is 4.73. The lowest BCUT2D eigenvalue weighted by Gasteiger charge is -2.41. The van der Waals surface area contributed by atoms with Crippen molar-refractivity contribution in [2.45, 2.75) is 32.6 Å². The van der Waals surface area contributed by atoms with Gasteiger partial charge in [-0.05, 0) is 50.6 Å². The van der Waals surface area contributed by atoms with E-state index in [2.05, 4.69) is 24.2 Å².